The molecule has 0 bridgehead atoms. The Hall–Kier alpha value is -4.50. The minimum absolute atomic E-state index is 0.0271. The molecule has 208 valence electrons. The van der Waals surface area contributed by atoms with Gasteiger partial charge in [-0.05, 0) is 86.7 Å². The van der Waals surface area contributed by atoms with E-state index in [1.807, 2.05) is 55.4 Å². The van der Waals surface area contributed by atoms with Gasteiger partial charge in [0.1, 0.15) is 5.82 Å². The highest BCUT2D eigenvalue weighted by atomic mass is 19.1. The highest BCUT2D eigenvalue weighted by Gasteiger charge is 2.29. The van der Waals surface area contributed by atoms with E-state index in [0.29, 0.717) is 45.8 Å². The topological polar surface area (TPSA) is 91.0 Å². The van der Waals surface area contributed by atoms with Crippen LogP contribution in [0, 0.1) is 5.82 Å². The van der Waals surface area contributed by atoms with Crippen molar-refractivity contribution < 1.29 is 23.5 Å². The smallest absolute Gasteiger partial charge is 0.309 e. The molecule has 0 spiro atoms. The van der Waals surface area contributed by atoms with Gasteiger partial charge in [-0.1, -0.05) is 18.2 Å². The average molecular weight is 545 g/mol. The van der Waals surface area contributed by atoms with Crippen molar-refractivity contribution in [2.75, 3.05) is 50.3 Å². The first kappa shape index (κ1) is 28.5. The maximum Gasteiger partial charge on any atom is 0.309 e. The predicted octanol–water partition coefficient (Wildman–Crippen LogP) is 4.78. The van der Waals surface area contributed by atoms with Crippen LogP contribution in [0.5, 0.6) is 0 Å². The van der Waals surface area contributed by atoms with Gasteiger partial charge in [0, 0.05) is 30.4 Å². The third-order valence-corrected chi connectivity index (χ3v) is 6.66. The summed E-state index contributed by atoms with van der Waals surface area (Å²) >= 11 is 0. The van der Waals surface area contributed by atoms with E-state index in [1.54, 1.807) is 30.1 Å². The molecule has 0 fully saturated rings. The fourth-order valence-corrected chi connectivity index (χ4v) is 4.52. The van der Waals surface area contributed by atoms with E-state index in [1.165, 1.54) is 19.2 Å². The summed E-state index contributed by atoms with van der Waals surface area (Å²) in [5.41, 5.74) is 4.60. The van der Waals surface area contributed by atoms with Crippen LogP contribution in [0.2, 0.25) is 0 Å². The molecule has 1 heterocycles. The quantitative estimate of drug-likeness (QED) is 0.282. The molecule has 0 atom stereocenters. The summed E-state index contributed by atoms with van der Waals surface area (Å²) in [5.74, 6) is -1.18. The van der Waals surface area contributed by atoms with E-state index in [0.717, 1.165) is 18.7 Å². The maximum absolute atomic E-state index is 13.9. The summed E-state index contributed by atoms with van der Waals surface area (Å²) in [6.45, 7) is 0.837. The lowest BCUT2D eigenvalue weighted by Gasteiger charge is -2.19. The van der Waals surface area contributed by atoms with Gasteiger partial charge in [0.25, 0.3) is 5.91 Å². The highest BCUT2D eigenvalue weighted by Crippen LogP contribution is 2.38. The van der Waals surface area contributed by atoms with Crippen LogP contribution in [0.4, 0.5) is 21.5 Å². The van der Waals surface area contributed by atoms with E-state index in [2.05, 4.69) is 10.6 Å². The Bertz CT molecular complexity index is 1450. The monoisotopic (exact) mass is 544 g/mol. The van der Waals surface area contributed by atoms with Crippen molar-refractivity contribution in [2.24, 2.45) is 0 Å². The molecule has 0 unspecified atom stereocenters. The number of methoxy groups -OCH3 is 1. The van der Waals surface area contributed by atoms with Crippen molar-refractivity contribution >= 4 is 46.1 Å². The summed E-state index contributed by atoms with van der Waals surface area (Å²) in [4.78, 5) is 41.4. The van der Waals surface area contributed by atoms with Crippen LogP contribution < -0.4 is 15.5 Å². The summed E-state index contributed by atoms with van der Waals surface area (Å²) in [5, 5.41) is 6.10. The largest absolute Gasteiger partial charge is 0.469 e. The van der Waals surface area contributed by atoms with Crippen LogP contribution in [0.25, 0.3) is 11.3 Å². The number of anilines is 3. The molecule has 1 aliphatic rings. The van der Waals surface area contributed by atoms with Crippen molar-refractivity contribution in [3.8, 4) is 0 Å². The van der Waals surface area contributed by atoms with Crippen molar-refractivity contribution in [1.29, 1.82) is 0 Å². The van der Waals surface area contributed by atoms with Crippen molar-refractivity contribution in [3.05, 3.63) is 89.2 Å². The molecule has 0 aliphatic carbocycles. The minimum atomic E-state index is -0.453. The number of nitrogens with one attached hydrogen (secondary N) is 2. The third-order valence-electron chi connectivity index (χ3n) is 6.66. The molecule has 2 N–H and O–H groups in total. The number of rotatable bonds is 10. The zero-order chi connectivity index (χ0) is 28.8. The second kappa shape index (κ2) is 12.6. The van der Waals surface area contributed by atoms with Crippen LogP contribution >= 0.6 is 0 Å². The number of ether oxygens (including phenoxy) is 1. The van der Waals surface area contributed by atoms with E-state index >= 15 is 0 Å². The molecule has 2 amide bonds. The van der Waals surface area contributed by atoms with E-state index in [4.69, 9.17) is 4.74 Å². The van der Waals surface area contributed by atoms with Gasteiger partial charge in [0.15, 0.2) is 0 Å². The third kappa shape index (κ3) is 6.73. The number of hydrogen-bond donors (Lipinski definition) is 2. The molecule has 3 aromatic rings. The molecule has 0 aromatic heterocycles. The lowest BCUT2D eigenvalue weighted by Crippen LogP contribution is -2.27. The van der Waals surface area contributed by atoms with Crippen LogP contribution in [0.3, 0.4) is 0 Å². The van der Waals surface area contributed by atoms with Gasteiger partial charge < -0.3 is 25.2 Å². The highest BCUT2D eigenvalue weighted by molar-refractivity contribution is 6.37. The van der Waals surface area contributed by atoms with E-state index in [9.17, 15) is 18.8 Å². The Morgan fingerprint density at radius 3 is 2.45 bits per heavy atom. The minimum Gasteiger partial charge on any atom is -0.469 e. The Morgan fingerprint density at radius 2 is 1.75 bits per heavy atom. The van der Waals surface area contributed by atoms with Crippen molar-refractivity contribution in [2.45, 2.75) is 19.3 Å². The average Bonchev–Trinajstić information content (AvgIpc) is 3.25. The number of nitrogens with zero attached hydrogens (tertiary/aromatic N) is 2. The fourth-order valence-electron chi connectivity index (χ4n) is 4.52. The summed E-state index contributed by atoms with van der Waals surface area (Å²) < 4.78 is 18.7. The van der Waals surface area contributed by atoms with Gasteiger partial charge >= 0.3 is 5.97 Å². The molecule has 0 saturated heterocycles. The van der Waals surface area contributed by atoms with Crippen molar-refractivity contribution in [1.82, 2.24) is 4.90 Å². The number of carbonyl (C=O) groups excluding carboxylic acids is 3. The fraction of sp³-hybridized carbons (Fsp3) is 0.258. The molecule has 8 nitrogen and oxygen atoms in total. The SMILES string of the molecule is COC(=O)Cc1cccc(/C(Nc2ccc(N(C)C(=O)CCCN(C)C)cc2)=C2/C(=O)Nc3cc(F)ccc32)c1. The molecule has 3 aromatic carbocycles. The number of amides is 2. The zero-order valence-corrected chi connectivity index (χ0v) is 23.1. The Balaban J connectivity index is 1.67. The number of benzene rings is 3. The zero-order valence-electron chi connectivity index (χ0n) is 23.1. The standard InChI is InChI=1S/C31H33FN4O4/c1-35(2)16-6-9-27(37)36(3)24-13-11-23(12-14-24)33-30(21-8-5-7-20(17-21)18-28(38)40-4)29-25-15-10-22(32)19-26(25)34-31(29)39/h5,7-8,10-15,17,19,33H,6,9,16,18H2,1-4H3,(H,34,39)/b30-29-. The second-order valence-corrected chi connectivity index (χ2v) is 9.88. The molecule has 9 heteroatoms. The Kier molecular flexibility index (Phi) is 8.96. The number of halogens is 1. The first-order chi connectivity index (χ1) is 19.2. The maximum atomic E-state index is 13.9. The van der Waals surface area contributed by atoms with Gasteiger partial charge in [-0.3, -0.25) is 14.4 Å². The molecule has 0 radical (unpaired) electrons. The lowest BCUT2D eigenvalue weighted by atomic mass is 9.98. The molecule has 1 aliphatic heterocycles. The number of esters is 1. The summed E-state index contributed by atoms with van der Waals surface area (Å²) in [6, 6.07) is 18.7. The van der Waals surface area contributed by atoms with Crippen LogP contribution in [0.1, 0.15) is 29.5 Å². The number of hydrogen-bond acceptors (Lipinski definition) is 6. The molecular weight excluding hydrogens is 511 g/mol. The van der Waals surface area contributed by atoms with Gasteiger partial charge in [-0.15, -0.1) is 0 Å². The molecule has 40 heavy (non-hydrogen) atoms. The molecule has 4 rings (SSSR count). The van der Waals surface area contributed by atoms with Crippen LogP contribution in [0.15, 0.2) is 66.7 Å². The van der Waals surface area contributed by atoms with E-state index < -0.39 is 5.82 Å². The summed E-state index contributed by atoms with van der Waals surface area (Å²) in [7, 11) is 7.04. The summed E-state index contributed by atoms with van der Waals surface area (Å²) in [6.07, 6.45) is 1.29. The van der Waals surface area contributed by atoms with Crippen LogP contribution in [-0.4, -0.2) is 57.5 Å². The lowest BCUT2D eigenvalue weighted by molar-refractivity contribution is -0.139. The Labute approximate surface area is 233 Å². The predicted molar refractivity (Wildman–Crippen MR) is 155 cm³/mol. The van der Waals surface area contributed by atoms with Gasteiger partial charge in [0.05, 0.1) is 30.5 Å². The number of fused-ring (bicyclic) bond motifs is 1. The van der Waals surface area contributed by atoms with Crippen molar-refractivity contribution in [3.63, 3.8) is 0 Å². The molecule has 0 saturated carbocycles. The van der Waals surface area contributed by atoms with Gasteiger partial charge in [-0.25, -0.2) is 4.39 Å². The van der Waals surface area contributed by atoms with E-state index in [-0.39, 0.29) is 24.2 Å². The number of carbonyl (C=O) groups is 3. The Morgan fingerprint density at radius 1 is 1.00 bits per heavy atom. The first-order valence-corrected chi connectivity index (χ1v) is 13.0. The normalized spacial score (nSPS) is 13.5. The van der Waals surface area contributed by atoms with Crippen LogP contribution in [-0.2, 0) is 25.5 Å². The molecular formula is C31H33FN4O4. The first-order valence-electron chi connectivity index (χ1n) is 13.0. The second-order valence-electron chi connectivity index (χ2n) is 9.88. The van der Waals surface area contributed by atoms with Gasteiger partial charge in [0.2, 0.25) is 5.91 Å². The van der Waals surface area contributed by atoms with Gasteiger partial charge in [-0.2, -0.15) is 0 Å².